The van der Waals surface area contributed by atoms with Gasteiger partial charge in [0, 0.05) is 30.6 Å². The summed E-state index contributed by atoms with van der Waals surface area (Å²) in [4.78, 5) is 29.7. The van der Waals surface area contributed by atoms with Gasteiger partial charge < -0.3 is 10.6 Å². The third kappa shape index (κ3) is 2.93. The number of primary amides is 1. The van der Waals surface area contributed by atoms with Crippen molar-refractivity contribution in [3.8, 4) is 0 Å². The van der Waals surface area contributed by atoms with E-state index in [2.05, 4.69) is 4.98 Å². The summed E-state index contributed by atoms with van der Waals surface area (Å²) in [6.45, 7) is 1.61. The predicted octanol–water partition coefficient (Wildman–Crippen LogP) is 1.89. The van der Waals surface area contributed by atoms with Crippen molar-refractivity contribution < 1.29 is 9.59 Å². The standard InChI is InChI=1S/C17H19N3O2/c18-17(22)14-11-12(19-15-7-2-1-6-13(14)15)5-3-9-20-10-4-8-16(20)21/h1-2,6-7,11H,3-5,8-10H2,(H2,18,22). The summed E-state index contributed by atoms with van der Waals surface area (Å²) >= 11 is 0. The highest BCUT2D eigenvalue weighted by molar-refractivity contribution is 6.05. The molecule has 5 heteroatoms. The van der Waals surface area contributed by atoms with E-state index in [1.807, 2.05) is 29.2 Å². The first-order chi connectivity index (χ1) is 10.6. The maximum Gasteiger partial charge on any atom is 0.249 e. The molecule has 0 unspecified atom stereocenters. The lowest BCUT2D eigenvalue weighted by Crippen LogP contribution is -2.26. The summed E-state index contributed by atoms with van der Waals surface area (Å²) in [5, 5.41) is 0.786. The average Bonchev–Trinajstić information content (AvgIpc) is 2.92. The van der Waals surface area contributed by atoms with Crippen LogP contribution in [0.15, 0.2) is 30.3 Å². The van der Waals surface area contributed by atoms with Crippen LogP contribution in [0.2, 0.25) is 0 Å². The van der Waals surface area contributed by atoms with Crippen LogP contribution >= 0.6 is 0 Å². The van der Waals surface area contributed by atoms with E-state index in [0.29, 0.717) is 12.0 Å². The van der Waals surface area contributed by atoms with Gasteiger partial charge in [-0.05, 0) is 31.4 Å². The van der Waals surface area contributed by atoms with Gasteiger partial charge in [0.05, 0.1) is 11.1 Å². The number of rotatable bonds is 5. The molecule has 1 aliphatic heterocycles. The number of fused-ring (bicyclic) bond motifs is 1. The van der Waals surface area contributed by atoms with E-state index in [1.54, 1.807) is 6.07 Å². The molecule has 1 aliphatic rings. The SMILES string of the molecule is NC(=O)c1cc(CCCN2CCCC2=O)nc2ccccc12. The van der Waals surface area contributed by atoms with Gasteiger partial charge in [-0.1, -0.05) is 18.2 Å². The Morgan fingerprint density at radius 3 is 2.86 bits per heavy atom. The number of nitrogens with two attached hydrogens (primary N) is 1. The Bertz CT molecular complexity index is 727. The Labute approximate surface area is 129 Å². The fourth-order valence-corrected chi connectivity index (χ4v) is 2.95. The minimum Gasteiger partial charge on any atom is -0.366 e. The summed E-state index contributed by atoms with van der Waals surface area (Å²) < 4.78 is 0. The lowest BCUT2D eigenvalue weighted by Gasteiger charge is -2.15. The van der Waals surface area contributed by atoms with E-state index < -0.39 is 5.91 Å². The van der Waals surface area contributed by atoms with E-state index in [4.69, 9.17) is 5.73 Å². The maximum absolute atomic E-state index is 11.6. The molecule has 1 fully saturated rings. The van der Waals surface area contributed by atoms with Gasteiger partial charge in [0.15, 0.2) is 0 Å². The molecule has 2 amide bonds. The molecule has 2 aromatic rings. The predicted molar refractivity (Wildman–Crippen MR) is 84.4 cm³/mol. The topological polar surface area (TPSA) is 76.3 Å². The van der Waals surface area contributed by atoms with Crippen LogP contribution in [0.1, 0.15) is 35.3 Å². The number of aromatic nitrogens is 1. The molecule has 0 bridgehead atoms. The smallest absolute Gasteiger partial charge is 0.249 e. The average molecular weight is 297 g/mol. The quantitative estimate of drug-likeness (QED) is 0.915. The number of amides is 2. The van der Waals surface area contributed by atoms with Gasteiger partial charge in [0.2, 0.25) is 11.8 Å². The molecular weight excluding hydrogens is 278 g/mol. The molecule has 1 aromatic heterocycles. The zero-order valence-electron chi connectivity index (χ0n) is 12.4. The molecule has 114 valence electrons. The third-order valence-electron chi connectivity index (χ3n) is 4.07. The van der Waals surface area contributed by atoms with Crippen molar-refractivity contribution in [3.63, 3.8) is 0 Å². The molecule has 0 saturated carbocycles. The van der Waals surface area contributed by atoms with E-state index >= 15 is 0 Å². The Hall–Kier alpha value is -2.43. The number of pyridine rings is 1. The molecule has 3 rings (SSSR count). The number of likely N-dealkylation sites (tertiary alicyclic amines) is 1. The molecule has 22 heavy (non-hydrogen) atoms. The number of carbonyl (C=O) groups excluding carboxylic acids is 2. The van der Waals surface area contributed by atoms with Crippen LogP contribution in [0.5, 0.6) is 0 Å². The molecular formula is C17H19N3O2. The molecule has 2 heterocycles. The first-order valence-corrected chi connectivity index (χ1v) is 7.61. The third-order valence-corrected chi connectivity index (χ3v) is 4.07. The molecule has 0 aliphatic carbocycles. The first kappa shape index (κ1) is 14.5. The van der Waals surface area contributed by atoms with E-state index in [9.17, 15) is 9.59 Å². The Kier molecular flexibility index (Phi) is 4.04. The van der Waals surface area contributed by atoms with Crippen molar-refractivity contribution in [2.75, 3.05) is 13.1 Å². The van der Waals surface area contributed by atoms with Crippen LogP contribution in [-0.2, 0) is 11.2 Å². The summed E-state index contributed by atoms with van der Waals surface area (Å²) in [6.07, 6.45) is 3.20. The molecule has 2 N–H and O–H groups in total. The largest absolute Gasteiger partial charge is 0.366 e. The Balaban J connectivity index is 1.76. The van der Waals surface area contributed by atoms with E-state index in [1.165, 1.54) is 0 Å². The number of carbonyl (C=O) groups is 2. The molecule has 1 aromatic carbocycles. The number of hydrogen-bond acceptors (Lipinski definition) is 3. The van der Waals surface area contributed by atoms with Crippen LogP contribution in [0.25, 0.3) is 10.9 Å². The highest BCUT2D eigenvalue weighted by Gasteiger charge is 2.19. The normalized spacial score (nSPS) is 14.7. The number of hydrogen-bond donors (Lipinski definition) is 1. The lowest BCUT2D eigenvalue weighted by molar-refractivity contribution is -0.127. The van der Waals surface area contributed by atoms with Crippen LogP contribution in [0.4, 0.5) is 0 Å². The van der Waals surface area contributed by atoms with Crippen molar-refractivity contribution in [1.82, 2.24) is 9.88 Å². The van der Waals surface area contributed by atoms with Crippen LogP contribution in [0.3, 0.4) is 0 Å². The lowest BCUT2D eigenvalue weighted by atomic mass is 10.1. The summed E-state index contributed by atoms with van der Waals surface area (Å²) in [7, 11) is 0. The van der Waals surface area contributed by atoms with Gasteiger partial charge in [-0.15, -0.1) is 0 Å². The molecule has 1 saturated heterocycles. The van der Waals surface area contributed by atoms with Gasteiger partial charge in [0.25, 0.3) is 0 Å². The highest BCUT2D eigenvalue weighted by Crippen LogP contribution is 2.19. The van der Waals surface area contributed by atoms with Crippen molar-refractivity contribution in [2.45, 2.75) is 25.7 Å². The van der Waals surface area contributed by atoms with Crippen molar-refractivity contribution in [3.05, 3.63) is 41.6 Å². The second kappa shape index (κ2) is 6.13. The van der Waals surface area contributed by atoms with Gasteiger partial charge in [-0.25, -0.2) is 0 Å². The Morgan fingerprint density at radius 1 is 1.32 bits per heavy atom. The fourth-order valence-electron chi connectivity index (χ4n) is 2.95. The summed E-state index contributed by atoms with van der Waals surface area (Å²) in [5.41, 5.74) is 7.62. The van der Waals surface area contributed by atoms with Gasteiger partial charge in [-0.3, -0.25) is 14.6 Å². The number of benzene rings is 1. The van der Waals surface area contributed by atoms with Gasteiger partial charge >= 0.3 is 0 Å². The van der Waals surface area contributed by atoms with Crippen LogP contribution < -0.4 is 5.73 Å². The van der Waals surface area contributed by atoms with E-state index in [0.717, 1.165) is 48.9 Å². The van der Waals surface area contributed by atoms with Crippen molar-refractivity contribution in [1.29, 1.82) is 0 Å². The van der Waals surface area contributed by atoms with Crippen LogP contribution in [-0.4, -0.2) is 34.8 Å². The first-order valence-electron chi connectivity index (χ1n) is 7.61. The summed E-state index contributed by atoms with van der Waals surface area (Å²) in [5.74, 6) is -0.195. The second-order valence-corrected chi connectivity index (χ2v) is 5.63. The number of aryl methyl sites for hydroxylation is 1. The minimum atomic E-state index is -0.436. The number of para-hydroxylation sites is 1. The van der Waals surface area contributed by atoms with E-state index in [-0.39, 0.29) is 5.91 Å². The van der Waals surface area contributed by atoms with Gasteiger partial charge in [-0.2, -0.15) is 0 Å². The molecule has 5 nitrogen and oxygen atoms in total. The van der Waals surface area contributed by atoms with Crippen molar-refractivity contribution >= 4 is 22.7 Å². The second-order valence-electron chi connectivity index (χ2n) is 5.63. The van der Waals surface area contributed by atoms with Crippen molar-refractivity contribution in [2.24, 2.45) is 5.73 Å². The maximum atomic E-state index is 11.6. The molecule has 0 atom stereocenters. The monoisotopic (exact) mass is 297 g/mol. The molecule has 0 radical (unpaired) electrons. The van der Waals surface area contributed by atoms with Gasteiger partial charge in [0.1, 0.15) is 0 Å². The number of nitrogens with zero attached hydrogens (tertiary/aromatic N) is 2. The Morgan fingerprint density at radius 2 is 2.14 bits per heavy atom. The minimum absolute atomic E-state index is 0.240. The zero-order valence-corrected chi connectivity index (χ0v) is 12.4. The zero-order chi connectivity index (χ0) is 15.5. The molecule has 0 spiro atoms. The fraction of sp³-hybridized carbons (Fsp3) is 0.353. The van der Waals surface area contributed by atoms with Crippen LogP contribution in [0, 0.1) is 0 Å². The summed E-state index contributed by atoms with van der Waals surface area (Å²) in [6, 6.07) is 9.28. The highest BCUT2D eigenvalue weighted by atomic mass is 16.2.